The van der Waals surface area contributed by atoms with Crippen molar-refractivity contribution in [1.29, 1.82) is 0 Å². The Morgan fingerprint density at radius 2 is 2.08 bits per heavy atom. The van der Waals surface area contributed by atoms with Gasteiger partial charge in [-0.2, -0.15) is 0 Å². The van der Waals surface area contributed by atoms with Crippen molar-refractivity contribution in [1.82, 2.24) is 0 Å². The Kier molecular flexibility index (Phi) is 1.92. The van der Waals surface area contributed by atoms with Crippen molar-refractivity contribution < 1.29 is 0 Å². The van der Waals surface area contributed by atoms with E-state index in [1.165, 1.54) is 17.5 Å². The first-order valence-electron chi connectivity index (χ1n) is 4.80. The second-order valence-corrected chi connectivity index (χ2v) is 5.16. The molecule has 0 aromatic heterocycles. The highest BCUT2D eigenvalue weighted by Crippen LogP contribution is 2.46. The minimum atomic E-state index is 0.305. The molecule has 0 aliphatic heterocycles. The molecule has 70 valence electrons. The minimum absolute atomic E-state index is 0.305. The summed E-state index contributed by atoms with van der Waals surface area (Å²) in [7, 11) is 0. The molecule has 1 atom stereocenters. The lowest BCUT2D eigenvalue weighted by Crippen LogP contribution is -2.11. The molecule has 2 rings (SSSR count). The summed E-state index contributed by atoms with van der Waals surface area (Å²) in [5.74, 6) is 0.683. The van der Waals surface area contributed by atoms with Crippen molar-refractivity contribution in [2.75, 3.05) is 0 Å². The Balaban J connectivity index is 2.60. The lowest BCUT2D eigenvalue weighted by molar-refractivity contribution is 0.489. The van der Waals surface area contributed by atoms with Crippen LogP contribution < -0.4 is 0 Å². The van der Waals surface area contributed by atoms with Crippen LogP contribution in [0, 0.1) is 0 Å². The van der Waals surface area contributed by atoms with Crippen molar-refractivity contribution in [2.45, 2.75) is 38.5 Å². The van der Waals surface area contributed by atoms with Gasteiger partial charge in [0.1, 0.15) is 0 Å². The summed E-state index contributed by atoms with van der Waals surface area (Å²) in [4.78, 5) is 0. The quantitative estimate of drug-likeness (QED) is 0.583. The second-order valence-electron chi connectivity index (χ2n) is 4.72. The van der Waals surface area contributed by atoms with Crippen LogP contribution in [0.3, 0.4) is 0 Å². The molecule has 1 aliphatic rings. The van der Waals surface area contributed by atoms with E-state index in [0.717, 1.165) is 5.02 Å². The molecule has 1 aliphatic carbocycles. The zero-order valence-corrected chi connectivity index (χ0v) is 9.15. The van der Waals surface area contributed by atoms with E-state index in [4.69, 9.17) is 11.6 Å². The van der Waals surface area contributed by atoms with E-state index in [2.05, 4.69) is 32.9 Å². The summed E-state index contributed by atoms with van der Waals surface area (Å²) in [5, 5.41) is 0.862. The molecule has 0 heterocycles. The van der Waals surface area contributed by atoms with Gasteiger partial charge in [-0.25, -0.2) is 0 Å². The van der Waals surface area contributed by atoms with Crippen molar-refractivity contribution in [2.24, 2.45) is 0 Å². The van der Waals surface area contributed by atoms with Gasteiger partial charge in [0.15, 0.2) is 0 Å². The third-order valence-electron chi connectivity index (χ3n) is 3.09. The molecule has 0 spiro atoms. The number of rotatable bonds is 0. The van der Waals surface area contributed by atoms with Crippen LogP contribution in [0.4, 0.5) is 0 Å². The number of fused-ring (bicyclic) bond motifs is 1. The van der Waals surface area contributed by atoms with Crippen LogP contribution in [0.2, 0.25) is 5.02 Å². The molecule has 0 saturated heterocycles. The van der Waals surface area contributed by atoms with Crippen LogP contribution in [0.15, 0.2) is 18.2 Å². The molecule has 1 heteroatoms. The normalized spacial score (nSPS) is 24.5. The van der Waals surface area contributed by atoms with E-state index in [1.807, 2.05) is 6.07 Å². The Morgan fingerprint density at radius 3 is 2.77 bits per heavy atom. The standard InChI is InChI=1S/C12H15Cl/c1-8-7-12(2,3)11-6-9(13)4-5-10(8)11/h4-6,8H,7H2,1-3H3/t8-/m0/s1. The molecule has 0 fully saturated rings. The molecule has 0 amide bonds. The van der Waals surface area contributed by atoms with Crippen LogP contribution in [0.1, 0.15) is 44.2 Å². The van der Waals surface area contributed by atoms with Crippen LogP contribution in [0.5, 0.6) is 0 Å². The van der Waals surface area contributed by atoms with Gasteiger partial charge in [0, 0.05) is 5.02 Å². The Labute approximate surface area is 84.9 Å². The summed E-state index contributed by atoms with van der Waals surface area (Å²) in [6, 6.07) is 6.30. The van der Waals surface area contributed by atoms with Crippen molar-refractivity contribution >= 4 is 11.6 Å². The van der Waals surface area contributed by atoms with Crippen LogP contribution in [0.25, 0.3) is 0 Å². The smallest absolute Gasteiger partial charge is 0.0409 e. The molecule has 13 heavy (non-hydrogen) atoms. The number of hydrogen-bond donors (Lipinski definition) is 0. The molecule has 0 nitrogen and oxygen atoms in total. The number of halogens is 1. The first-order chi connectivity index (χ1) is 6.00. The third-order valence-corrected chi connectivity index (χ3v) is 3.33. The predicted octanol–water partition coefficient (Wildman–Crippen LogP) is 4.12. The van der Waals surface area contributed by atoms with Gasteiger partial charge in [0.25, 0.3) is 0 Å². The maximum absolute atomic E-state index is 6.00. The van der Waals surface area contributed by atoms with Gasteiger partial charge in [0.2, 0.25) is 0 Å². The topological polar surface area (TPSA) is 0 Å². The lowest BCUT2D eigenvalue weighted by atomic mass is 9.86. The average molecular weight is 195 g/mol. The largest absolute Gasteiger partial charge is 0.0843 e. The van der Waals surface area contributed by atoms with Crippen molar-refractivity contribution in [3.8, 4) is 0 Å². The van der Waals surface area contributed by atoms with Gasteiger partial charge < -0.3 is 0 Å². The van der Waals surface area contributed by atoms with E-state index in [-0.39, 0.29) is 0 Å². The first kappa shape index (κ1) is 9.08. The van der Waals surface area contributed by atoms with E-state index >= 15 is 0 Å². The average Bonchev–Trinajstić information content (AvgIpc) is 2.23. The van der Waals surface area contributed by atoms with Crippen LogP contribution in [-0.2, 0) is 5.41 Å². The zero-order chi connectivity index (χ0) is 9.64. The summed E-state index contributed by atoms with van der Waals surface area (Å²) in [6.07, 6.45) is 1.24. The fourth-order valence-electron chi connectivity index (χ4n) is 2.53. The van der Waals surface area contributed by atoms with E-state index < -0.39 is 0 Å². The molecule has 0 radical (unpaired) electrons. The highest BCUT2D eigenvalue weighted by Gasteiger charge is 2.34. The van der Waals surface area contributed by atoms with E-state index in [1.54, 1.807) is 0 Å². The van der Waals surface area contributed by atoms with E-state index in [9.17, 15) is 0 Å². The fraction of sp³-hybridized carbons (Fsp3) is 0.500. The summed E-state index contributed by atoms with van der Waals surface area (Å²) < 4.78 is 0. The molecule has 0 unspecified atom stereocenters. The third kappa shape index (κ3) is 1.38. The lowest BCUT2D eigenvalue weighted by Gasteiger charge is -2.18. The Bertz CT molecular complexity index is 339. The van der Waals surface area contributed by atoms with E-state index in [0.29, 0.717) is 11.3 Å². The maximum atomic E-state index is 6.00. The maximum Gasteiger partial charge on any atom is 0.0409 e. The SMILES string of the molecule is C[C@H]1CC(C)(C)c2cc(Cl)ccc21. The Morgan fingerprint density at radius 1 is 1.38 bits per heavy atom. The monoisotopic (exact) mass is 194 g/mol. The second kappa shape index (κ2) is 2.75. The molecular formula is C12H15Cl. The number of benzene rings is 1. The molecule has 0 bridgehead atoms. The molecular weight excluding hydrogens is 180 g/mol. The highest BCUT2D eigenvalue weighted by atomic mass is 35.5. The van der Waals surface area contributed by atoms with Gasteiger partial charge in [-0.1, -0.05) is 38.4 Å². The minimum Gasteiger partial charge on any atom is -0.0843 e. The molecule has 0 N–H and O–H groups in total. The van der Waals surface area contributed by atoms with Gasteiger partial charge >= 0.3 is 0 Å². The predicted molar refractivity (Wildman–Crippen MR) is 57.5 cm³/mol. The van der Waals surface area contributed by atoms with Gasteiger partial charge in [-0.3, -0.25) is 0 Å². The summed E-state index contributed by atoms with van der Waals surface area (Å²) in [6.45, 7) is 6.89. The van der Waals surface area contributed by atoms with Crippen LogP contribution in [-0.4, -0.2) is 0 Å². The zero-order valence-electron chi connectivity index (χ0n) is 8.39. The molecule has 0 saturated carbocycles. The van der Waals surface area contributed by atoms with Gasteiger partial charge in [0.05, 0.1) is 0 Å². The van der Waals surface area contributed by atoms with Gasteiger partial charge in [-0.15, -0.1) is 0 Å². The number of hydrogen-bond acceptors (Lipinski definition) is 0. The summed E-state index contributed by atoms with van der Waals surface area (Å²) >= 11 is 6.00. The Hall–Kier alpha value is -0.490. The molecule has 1 aromatic rings. The van der Waals surface area contributed by atoms with Gasteiger partial charge in [-0.05, 0) is 41.0 Å². The highest BCUT2D eigenvalue weighted by molar-refractivity contribution is 6.30. The molecule has 1 aromatic carbocycles. The summed E-state index contributed by atoms with van der Waals surface area (Å²) in [5.41, 5.74) is 3.22. The van der Waals surface area contributed by atoms with Crippen molar-refractivity contribution in [3.63, 3.8) is 0 Å². The first-order valence-corrected chi connectivity index (χ1v) is 5.18. The van der Waals surface area contributed by atoms with Crippen LogP contribution >= 0.6 is 11.6 Å². The fourth-order valence-corrected chi connectivity index (χ4v) is 2.70. The van der Waals surface area contributed by atoms with Crippen molar-refractivity contribution in [3.05, 3.63) is 34.3 Å².